The second-order valence-electron chi connectivity index (χ2n) is 6.12. The molecule has 0 spiro atoms. The van der Waals surface area contributed by atoms with Gasteiger partial charge in [-0.05, 0) is 29.7 Å². The molecular formula is C21H20N4O. The number of benzene rings is 2. The summed E-state index contributed by atoms with van der Waals surface area (Å²) in [5.74, 6) is 0.00479. The van der Waals surface area contributed by atoms with Gasteiger partial charge in [-0.3, -0.25) is 9.48 Å². The smallest absolute Gasteiger partial charge is 0.220 e. The molecule has 5 heteroatoms. The van der Waals surface area contributed by atoms with E-state index in [-0.39, 0.29) is 5.91 Å². The van der Waals surface area contributed by atoms with E-state index in [0.717, 1.165) is 11.1 Å². The summed E-state index contributed by atoms with van der Waals surface area (Å²) in [5, 5.41) is 16.1. The predicted molar refractivity (Wildman–Crippen MR) is 99.1 cm³/mol. The van der Waals surface area contributed by atoms with Crippen LogP contribution in [0.25, 0.3) is 0 Å². The molecule has 0 unspecified atom stereocenters. The molecule has 1 aromatic heterocycles. The number of carbonyl (C=O) groups is 1. The third-order valence-electron chi connectivity index (χ3n) is 4.09. The van der Waals surface area contributed by atoms with Crippen LogP contribution in [0.2, 0.25) is 0 Å². The highest BCUT2D eigenvalue weighted by molar-refractivity contribution is 5.76. The van der Waals surface area contributed by atoms with Crippen LogP contribution >= 0.6 is 0 Å². The van der Waals surface area contributed by atoms with E-state index in [9.17, 15) is 4.79 Å². The molecule has 0 saturated heterocycles. The van der Waals surface area contributed by atoms with E-state index in [2.05, 4.69) is 28.6 Å². The molecule has 0 bridgehead atoms. The molecule has 1 heterocycles. The quantitative estimate of drug-likeness (QED) is 0.716. The molecule has 0 aliphatic rings. The zero-order valence-corrected chi connectivity index (χ0v) is 14.4. The van der Waals surface area contributed by atoms with Crippen molar-refractivity contribution in [2.24, 2.45) is 0 Å². The fourth-order valence-electron chi connectivity index (χ4n) is 2.65. The van der Waals surface area contributed by atoms with E-state index in [0.29, 0.717) is 31.5 Å². The van der Waals surface area contributed by atoms with Gasteiger partial charge in [0.25, 0.3) is 0 Å². The van der Waals surface area contributed by atoms with Gasteiger partial charge in [0.1, 0.15) is 0 Å². The normalized spacial score (nSPS) is 10.3. The second-order valence-corrected chi connectivity index (χ2v) is 6.12. The van der Waals surface area contributed by atoms with Gasteiger partial charge in [-0.25, -0.2) is 0 Å². The Labute approximate surface area is 152 Å². The Kier molecular flexibility index (Phi) is 5.79. The number of hydrogen-bond acceptors (Lipinski definition) is 3. The first-order valence-corrected chi connectivity index (χ1v) is 8.54. The van der Waals surface area contributed by atoms with Crippen molar-refractivity contribution in [1.29, 1.82) is 5.26 Å². The standard InChI is InChI=1S/C21H20N4O/c22-12-18-8-6-17(7-9-18)10-11-21(26)23-13-20-14-24-25(16-20)15-19-4-2-1-3-5-19/h1-9,14,16H,10-11,13,15H2,(H,23,26). The molecule has 0 saturated carbocycles. The Morgan fingerprint density at radius 2 is 1.81 bits per heavy atom. The lowest BCUT2D eigenvalue weighted by atomic mass is 10.1. The molecule has 0 atom stereocenters. The van der Waals surface area contributed by atoms with Crippen LogP contribution in [0, 0.1) is 11.3 Å². The SMILES string of the molecule is N#Cc1ccc(CCC(=O)NCc2cnn(Cc3ccccc3)c2)cc1. The molecule has 1 N–H and O–H groups in total. The minimum Gasteiger partial charge on any atom is -0.352 e. The average Bonchev–Trinajstić information content (AvgIpc) is 3.13. The summed E-state index contributed by atoms with van der Waals surface area (Å²) in [6, 6.07) is 19.5. The van der Waals surface area contributed by atoms with Gasteiger partial charge in [-0.1, -0.05) is 42.5 Å². The van der Waals surface area contributed by atoms with E-state index in [1.54, 1.807) is 18.3 Å². The number of nitrogens with zero attached hydrogens (tertiary/aromatic N) is 3. The Morgan fingerprint density at radius 1 is 1.04 bits per heavy atom. The fourth-order valence-corrected chi connectivity index (χ4v) is 2.65. The lowest BCUT2D eigenvalue weighted by Crippen LogP contribution is -2.22. The van der Waals surface area contributed by atoms with Crippen molar-refractivity contribution in [3.8, 4) is 6.07 Å². The van der Waals surface area contributed by atoms with Gasteiger partial charge in [0.15, 0.2) is 0 Å². The van der Waals surface area contributed by atoms with Gasteiger partial charge >= 0.3 is 0 Å². The van der Waals surface area contributed by atoms with Gasteiger partial charge in [-0.15, -0.1) is 0 Å². The summed E-state index contributed by atoms with van der Waals surface area (Å²) in [6.45, 7) is 1.19. The second kappa shape index (κ2) is 8.63. The number of carbonyl (C=O) groups excluding carboxylic acids is 1. The van der Waals surface area contributed by atoms with E-state index in [1.807, 2.05) is 41.2 Å². The van der Waals surface area contributed by atoms with Crippen LogP contribution in [-0.2, 0) is 24.3 Å². The number of rotatable bonds is 7. The summed E-state index contributed by atoms with van der Waals surface area (Å²) in [7, 11) is 0. The van der Waals surface area contributed by atoms with Crippen molar-refractivity contribution in [2.75, 3.05) is 0 Å². The van der Waals surface area contributed by atoms with Crippen LogP contribution in [0.3, 0.4) is 0 Å². The van der Waals surface area contributed by atoms with E-state index >= 15 is 0 Å². The Morgan fingerprint density at radius 3 is 2.54 bits per heavy atom. The molecule has 2 aromatic carbocycles. The first-order chi connectivity index (χ1) is 12.7. The molecule has 3 aromatic rings. The molecule has 5 nitrogen and oxygen atoms in total. The van der Waals surface area contributed by atoms with Crippen LogP contribution in [-0.4, -0.2) is 15.7 Å². The Hall–Kier alpha value is -3.39. The molecule has 0 aliphatic carbocycles. The summed E-state index contributed by atoms with van der Waals surface area (Å²) >= 11 is 0. The highest BCUT2D eigenvalue weighted by Gasteiger charge is 2.05. The number of amides is 1. The number of aromatic nitrogens is 2. The Bertz CT molecular complexity index is 892. The van der Waals surface area contributed by atoms with Crippen LogP contribution < -0.4 is 5.32 Å². The van der Waals surface area contributed by atoms with E-state index in [4.69, 9.17) is 5.26 Å². The maximum absolute atomic E-state index is 12.0. The topological polar surface area (TPSA) is 70.7 Å². The van der Waals surface area contributed by atoms with Crippen molar-refractivity contribution >= 4 is 5.91 Å². The zero-order valence-electron chi connectivity index (χ0n) is 14.4. The summed E-state index contributed by atoms with van der Waals surface area (Å²) in [6.07, 6.45) is 4.81. The van der Waals surface area contributed by atoms with E-state index in [1.165, 1.54) is 5.56 Å². The summed E-state index contributed by atoms with van der Waals surface area (Å²) in [4.78, 5) is 12.0. The average molecular weight is 344 g/mol. The van der Waals surface area contributed by atoms with Crippen molar-refractivity contribution in [3.63, 3.8) is 0 Å². The van der Waals surface area contributed by atoms with E-state index < -0.39 is 0 Å². The largest absolute Gasteiger partial charge is 0.352 e. The van der Waals surface area contributed by atoms with Crippen molar-refractivity contribution in [2.45, 2.75) is 25.9 Å². The van der Waals surface area contributed by atoms with Gasteiger partial charge in [-0.2, -0.15) is 10.4 Å². The monoisotopic (exact) mass is 344 g/mol. The first kappa shape index (κ1) is 17.4. The van der Waals surface area contributed by atoms with Gasteiger partial charge in [0, 0.05) is 24.7 Å². The van der Waals surface area contributed by atoms with Crippen LogP contribution in [0.5, 0.6) is 0 Å². The number of aryl methyl sites for hydroxylation is 1. The fraction of sp³-hybridized carbons (Fsp3) is 0.190. The number of hydrogen-bond donors (Lipinski definition) is 1. The third-order valence-corrected chi connectivity index (χ3v) is 4.09. The molecule has 0 fully saturated rings. The van der Waals surface area contributed by atoms with Gasteiger partial charge < -0.3 is 5.32 Å². The maximum atomic E-state index is 12.0. The molecule has 0 radical (unpaired) electrons. The predicted octanol–water partition coefficient (Wildman–Crippen LogP) is 3.05. The molecular weight excluding hydrogens is 324 g/mol. The van der Waals surface area contributed by atoms with Crippen LogP contribution in [0.1, 0.15) is 28.7 Å². The maximum Gasteiger partial charge on any atom is 0.220 e. The molecule has 26 heavy (non-hydrogen) atoms. The minimum absolute atomic E-state index is 0.00479. The highest BCUT2D eigenvalue weighted by atomic mass is 16.1. The molecule has 3 rings (SSSR count). The van der Waals surface area contributed by atoms with Gasteiger partial charge in [0.2, 0.25) is 5.91 Å². The molecule has 0 aliphatic heterocycles. The van der Waals surface area contributed by atoms with Crippen molar-refractivity contribution in [3.05, 3.63) is 89.2 Å². The first-order valence-electron chi connectivity index (χ1n) is 8.54. The third kappa shape index (κ3) is 5.05. The van der Waals surface area contributed by atoms with Crippen molar-refractivity contribution < 1.29 is 4.79 Å². The number of nitrogens with one attached hydrogen (secondary N) is 1. The highest BCUT2D eigenvalue weighted by Crippen LogP contribution is 2.07. The lowest BCUT2D eigenvalue weighted by molar-refractivity contribution is -0.121. The van der Waals surface area contributed by atoms with Crippen molar-refractivity contribution in [1.82, 2.24) is 15.1 Å². The van der Waals surface area contributed by atoms with Gasteiger partial charge in [0.05, 0.1) is 24.4 Å². The van der Waals surface area contributed by atoms with Crippen LogP contribution in [0.4, 0.5) is 0 Å². The lowest BCUT2D eigenvalue weighted by Gasteiger charge is -2.04. The summed E-state index contributed by atoms with van der Waals surface area (Å²) in [5.41, 5.74) is 3.85. The molecule has 130 valence electrons. The summed E-state index contributed by atoms with van der Waals surface area (Å²) < 4.78 is 1.87. The molecule has 1 amide bonds. The number of nitriles is 1. The Balaban J connectivity index is 1.43. The zero-order chi connectivity index (χ0) is 18.2. The minimum atomic E-state index is 0.00479. The van der Waals surface area contributed by atoms with Crippen LogP contribution in [0.15, 0.2) is 67.0 Å².